The molecule has 2 atom stereocenters. The van der Waals surface area contributed by atoms with Gasteiger partial charge < -0.3 is 26.2 Å². The molecule has 5 N–H and O–H groups in total. The molecule has 0 radical (unpaired) electrons. The van der Waals surface area contributed by atoms with Crippen molar-refractivity contribution in [3.8, 4) is 12.8 Å². The molecule has 0 aliphatic carbocycles. The fourth-order valence-electron chi connectivity index (χ4n) is 0.200. The second-order valence-electron chi connectivity index (χ2n) is 2.94. The summed E-state index contributed by atoms with van der Waals surface area (Å²) >= 11 is 0. The van der Waals surface area contributed by atoms with Crippen LogP contribution in [-0.4, -0.2) is 36.4 Å². The smallest absolute Gasteiger partial charge is 0.139 e. The summed E-state index contributed by atoms with van der Waals surface area (Å²) in [5.74, 6) is 0.275. The van der Waals surface area contributed by atoms with Gasteiger partial charge in [0, 0.05) is 0 Å². The molecular weight excluding hydrogens is 220 g/mol. The average molecular weight is 250 g/mol. The Bertz CT molecular complexity index is 206. The summed E-state index contributed by atoms with van der Waals surface area (Å²) in [5, 5.41) is 7.98. The zero-order chi connectivity index (χ0) is 13.6. The quantitative estimate of drug-likeness (QED) is 0.488. The van der Waals surface area contributed by atoms with Gasteiger partial charge in [-0.15, -0.1) is 12.8 Å². The van der Waals surface area contributed by atoms with E-state index >= 15 is 0 Å². The maximum Gasteiger partial charge on any atom is 0.139 e. The molecule has 5 nitrogen and oxygen atoms in total. The molecule has 5 heteroatoms. The summed E-state index contributed by atoms with van der Waals surface area (Å²) in [5.41, 5.74) is 10.1. The van der Waals surface area contributed by atoms with Crippen LogP contribution < -0.4 is 11.5 Å². The molecule has 104 valence electrons. The van der Waals surface area contributed by atoms with Gasteiger partial charge in [-0.25, -0.2) is 0 Å². The van der Waals surface area contributed by atoms with Crippen molar-refractivity contribution in [2.24, 2.45) is 17.4 Å². The Balaban J connectivity index is -0.0000000475. The Hall–Kier alpha value is -1.22. The number of rotatable bonds is 4. The van der Waals surface area contributed by atoms with E-state index in [1.807, 2.05) is 13.8 Å². The van der Waals surface area contributed by atoms with E-state index in [0.717, 1.165) is 6.29 Å². The van der Waals surface area contributed by atoms with Gasteiger partial charge in [-0.05, 0) is 5.92 Å². The standard InChI is InChI=1S/C5H11NO.C3H7NO2.C2H2.2CH4/c1-4(2)5(6)3-7;4-3(1-5)2-6;1-2;;/h3-5H,6H2,1-2H3;1,3,6H,2,4H2;1-2H;2*1H4/t5-;3-;;;/m00.../s1/i;;1T;;. The number of aliphatic hydroxyl groups excluding tert-OH is 1. The molecule has 0 aromatic carbocycles. The second-order valence-corrected chi connectivity index (χ2v) is 2.94. The molecular formula is C12H28N2O3. The maximum atomic E-state index is 9.82. The lowest BCUT2D eigenvalue weighted by atomic mass is 10.1. The first kappa shape index (κ1) is 24.8. The number of terminal acetylenes is 1. The molecule has 0 aromatic heterocycles. The van der Waals surface area contributed by atoms with Gasteiger partial charge in [0.2, 0.25) is 0 Å². The van der Waals surface area contributed by atoms with E-state index in [2.05, 4.69) is 6.42 Å². The Kier molecular flexibility index (Phi) is 35.3. The molecule has 0 fully saturated rings. The van der Waals surface area contributed by atoms with Crippen molar-refractivity contribution >= 4 is 12.6 Å². The Morgan fingerprint density at radius 2 is 1.65 bits per heavy atom. The second kappa shape index (κ2) is 24.2. The highest BCUT2D eigenvalue weighted by molar-refractivity contribution is 5.57. The molecule has 0 saturated heterocycles. The average Bonchev–Trinajstić information content (AvgIpc) is 2.28. The molecule has 0 unspecified atom stereocenters. The Labute approximate surface area is 107 Å². The van der Waals surface area contributed by atoms with Crippen LogP contribution in [0, 0.1) is 18.7 Å². The van der Waals surface area contributed by atoms with Gasteiger partial charge in [0.25, 0.3) is 0 Å². The van der Waals surface area contributed by atoms with Crippen molar-refractivity contribution in [3.05, 3.63) is 0 Å². The highest BCUT2D eigenvalue weighted by atomic mass is 16.3. The molecule has 0 aromatic rings. The van der Waals surface area contributed by atoms with Crippen LogP contribution in [-0.2, 0) is 9.59 Å². The molecule has 0 rings (SSSR count). The zero-order valence-corrected chi connectivity index (χ0v) is 9.09. The van der Waals surface area contributed by atoms with Crippen LogP contribution in [0.1, 0.15) is 30.1 Å². The van der Waals surface area contributed by atoms with Gasteiger partial charge in [-0.3, -0.25) is 0 Å². The lowest BCUT2D eigenvalue weighted by Gasteiger charge is -2.04. The van der Waals surface area contributed by atoms with Crippen LogP contribution in [0.5, 0.6) is 0 Å². The lowest BCUT2D eigenvalue weighted by Crippen LogP contribution is -2.27. The third-order valence-electron chi connectivity index (χ3n) is 1.31. The van der Waals surface area contributed by atoms with Crippen LogP contribution in [0.4, 0.5) is 0 Å². The van der Waals surface area contributed by atoms with E-state index < -0.39 is 6.04 Å². The predicted molar refractivity (Wildman–Crippen MR) is 73.4 cm³/mol. The SMILES string of the molecule is C.C.CC(C)[C@@H](N)C=O.N[C@@H](C=O)CO.[3H]C#C. The van der Waals surface area contributed by atoms with Crippen molar-refractivity contribution in [2.45, 2.75) is 40.8 Å². The van der Waals surface area contributed by atoms with Gasteiger partial charge in [-0.2, -0.15) is 0 Å². The molecule has 17 heavy (non-hydrogen) atoms. The van der Waals surface area contributed by atoms with Crippen molar-refractivity contribution in [3.63, 3.8) is 0 Å². The Morgan fingerprint density at radius 3 is 1.65 bits per heavy atom. The van der Waals surface area contributed by atoms with Crippen molar-refractivity contribution < 1.29 is 16.1 Å². The van der Waals surface area contributed by atoms with Crippen LogP contribution >= 0.6 is 0 Å². The molecule has 0 amide bonds. The maximum absolute atomic E-state index is 9.82. The van der Waals surface area contributed by atoms with Crippen LogP contribution in [0.25, 0.3) is 0 Å². The minimum absolute atomic E-state index is 0. The van der Waals surface area contributed by atoms with Crippen molar-refractivity contribution in [1.29, 1.82) is 0 Å². The minimum Gasteiger partial charge on any atom is -0.394 e. The van der Waals surface area contributed by atoms with E-state index in [1.54, 1.807) is 0 Å². The van der Waals surface area contributed by atoms with E-state index in [0.29, 0.717) is 6.29 Å². The summed E-state index contributed by atoms with van der Waals surface area (Å²) in [6.45, 7) is 3.57. The highest BCUT2D eigenvalue weighted by Gasteiger charge is 2.02. The molecule has 0 spiro atoms. The van der Waals surface area contributed by atoms with Gasteiger partial charge in [0.1, 0.15) is 13.9 Å². The predicted octanol–water partition coefficient (Wildman–Crippen LogP) is 0.195. The van der Waals surface area contributed by atoms with Crippen LogP contribution in [0.15, 0.2) is 0 Å². The topological polar surface area (TPSA) is 106 Å². The lowest BCUT2D eigenvalue weighted by molar-refractivity contribution is -0.110. The van der Waals surface area contributed by atoms with Crippen LogP contribution in [0.3, 0.4) is 0 Å². The molecule has 0 saturated carbocycles. The highest BCUT2D eigenvalue weighted by Crippen LogP contribution is 1.92. The fourth-order valence-corrected chi connectivity index (χ4v) is 0.200. The van der Waals surface area contributed by atoms with Gasteiger partial charge in [0.05, 0.1) is 18.7 Å². The van der Waals surface area contributed by atoms with Gasteiger partial charge in [-0.1, -0.05) is 28.7 Å². The largest absolute Gasteiger partial charge is 0.394 e. The summed E-state index contributed by atoms with van der Waals surface area (Å²) in [7, 11) is 0. The molecule has 0 aliphatic heterocycles. The summed E-state index contributed by atoms with van der Waals surface area (Å²) < 4.78 is 5.74. The molecule has 0 aliphatic rings. The third kappa shape index (κ3) is 31.3. The number of hydrogen-bond acceptors (Lipinski definition) is 5. The molecule has 0 heterocycles. The number of aliphatic hydroxyl groups is 1. The normalized spacial score (nSPS) is 11.2. The number of hydrogen-bond donors (Lipinski definition) is 3. The van der Waals surface area contributed by atoms with E-state index in [4.69, 9.17) is 17.9 Å². The summed E-state index contributed by atoms with van der Waals surface area (Å²) in [6.07, 6.45) is 7.03. The number of carbonyl (C=O) groups is 2. The number of carbonyl (C=O) groups excluding carboxylic acids is 2. The first-order valence-corrected chi connectivity index (χ1v) is 4.31. The summed E-state index contributed by atoms with van der Waals surface area (Å²) in [4.78, 5) is 19.3. The first-order chi connectivity index (χ1) is 7.40. The minimum atomic E-state index is -0.690. The van der Waals surface area contributed by atoms with Gasteiger partial charge in [0.15, 0.2) is 0 Å². The number of aldehydes is 2. The Morgan fingerprint density at radius 1 is 1.29 bits per heavy atom. The summed E-state index contributed by atoms with van der Waals surface area (Å²) in [6, 6.07) is -0.968. The zero-order valence-electron chi connectivity index (χ0n) is 10.1. The number of nitrogens with two attached hydrogens (primary N) is 2. The fraction of sp³-hybridized carbons (Fsp3) is 0.667. The van der Waals surface area contributed by atoms with Crippen molar-refractivity contribution in [1.82, 2.24) is 0 Å². The van der Waals surface area contributed by atoms with E-state index in [9.17, 15) is 9.59 Å². The first-order valence-electron chi connectivity index (χ1n) is 4.81. The van der Waals surface area contributed by atoms with Crippen molar-refractivity contribution in [2.75, 3.05) is 6.61 Å². The van der Waals surface area contributed by atoms with E-state index in [1.165, 1.54) is 6.40 Å². The van der Waals surface area contributed by atoms with Gasteiger partial charge >= 0.3 is 0 Å². The third-order valence-corrected chi connectivity index (χ3v) is 1.31. The van der Waals surface area contributed by atoms with E-state index in [-0.39, 0.29) is 33.4 Å². The monoisotopic (exact) mass is 250 g/mol. The molecule has 0 bridgehead atoms. The van der Waals surface area contributed by atoms with Crippen LogP contribution in [0.2, 0.25) is 0 Å².